The van der Waals surface area contributed by atoms with Gasteiger partial charge in [-0.3, -0.25) is 4.79 Å². The second-order valence-electron chi connectivity index (χ2n) is 6.66. The van der Waals surface area contributed by atoms with E-state index in [1.165, 1.54) is 11.1 Å². The van der Waals surface area contributed by atoms with Crippen LogP contribution in [-0.4, -0.2) is 34.6 Å². The smallest absolute Gasteiger partial charge is 0.260 e. The van der Waals surface area contributed by atoms with E-state index in [-0.39, 0.29) is 17.9 Å². The van der Waals surface area contributed by atoms with Gasteiger partial charge in [0.2, 0.25) is 12.1 Å². The summed E-state index contributed by atoms with van der Waals surface area (Å²) >= 11 is 6.07. The molecule has 2 heterocycles. The molecule has 0 bridgehead atoms. The van der Waals surface area contributed by atoms with Gasteiger partial charge >= 0.3 is 0 Å². The fraction of sp³-hybridized carbons (Fsp3) is 0.200. The minimum atomic E-state index is -1.06. The maximum Gasteiger partial charge on any atom is 0.260 e. The number of H-pyrrole nitrogens is 1. The summed E-state index contributed by atoms with van der Waals surface area (Å²) in [7, 11) is 0. The lowest BCUT2D eigenvalue weighted by atomic mass is 10.1. The number of aromatic nitrogens is 1. The highest BCUT2D eigenvalue weighted by Crippen LogP contribution is 2.24. The molecule has 4 rings (SSSR count). The molecule has 9 heteroatoms. The molecule has 0 fully saturated rings. The Balaban J connectivity index is 1.49. The maximum atomic E-state index is 13.9. The molecule has 1 aliphatic rings. The monoisotopic (exact) mass is 418 g/mol. The summed E-state index contributed by atoms with van der Waals surface area (Å²) in [5.41, 5.74) is 7.16. The van der Waals surface area contributed by atoms with Crippen molar-refractivity contribution in [1.29, 1.82) is 0 Å². The number of carbonyl (C=O) groups is 1. The molecule has 1 aliphatic heterocycles. The van der Waals surface area contributed by atoms with Gasteiger partial charge < -0.3 is 15.6 Å². The third kappa shape index (κ3) is 3.94. The Morgan fingerprint density at radius 1 is 1.28 bits per heavy atom. The van der Waals surface area contributed by atoms with Crippen molar-refractivity contribution < 1.29 is 18.4 Å². The topological polar surface area (TPSA) is 83.7 Å². The van der Waals surface area contributed by atoms with Gasteiger partial charge in [0.25, 0.3) is 5.91 Å². The number of carbonyl (C=O) groups excluding carboxylic acids is 1. The molecule has 2 aromatic carbocycles. The number of nitrogens with zero attached hydrogens (tertiary/aromatic N) is 2. The lowest BCUT2D eigenvalue weighted by Gasteiger charge is -2.19. The van der Waals surface area contributed by atoms with Gasteiger partial charge in [0, 0.05) is 34.2 Å². The van der Waals surface area contributed by atoms with E-state index in [1.54, 1.807) is 6.07 Å². The van der Waals surface area contributed by atoms with Crippen LogP contribution >= 0.6 is 11.6 Å². The SMILES string of the molecule is NC(=O)C1N=C(Cc2c(F)cccc2F)ON1CCc1c[nH]c2ccc(Cl)cc12. The quantitative estimate of drug-likeness (QED) is 0.644. The second-order valence-corrected chi connectivity index (χ2v) is 7.10. The lowest BCUT2D eigenvalue weighted by molar-refractivity contribution is -0.137. The first-order valence-corrected chi connectivity index (χ1v) is 9.29. The molecular weight excluding hydrogens is 402 g/mol. The highest BCUT2D eigenvalue weighted by Gasteiger charge is 2.33. The van der Waals surface area contributed by atoms with Gasteiger partial charge in [-0.25, -0.2) is 13.8 Å². The number of aliphatic imine (C=N–C) groups is 1. The zero-order chi connectivity index (χ0) is 20.5. The minimum Gasteiger partial charge on any atom is -0.388 e. The Bertz CT molecular complexity index is 1090. The number of hydrogen-bond acceptors (Lipinski definition) is 4. The number of fused-ring (bicyclic) bond motifs is 1. The van der Waals surface area contributed by atoms with Crippen LogP contribution in [0.15, 0.2) is 47.6 Å². The fourth-order valence-corrected chi connectivity index (χ4v) is 3.47. The molecule has 1 amide bonds. The highest BCUT2D eigenvalue weighted by atomic mass is 35.5. The van der Waals surface area contributed by atoms with E-state index in [9.17, 15) is 13.6 Å². The third-order valence-electron chi connectivity index (χ3n) is 4.74. The number of hydroxylamine groups is 2. The summed E-state index contributed by atoms with van der Waals surface area (Å²) in [5, 5.41) is 2.89. The number of amides is 1. The number of halogens is 3. The van der Waals surface area contributed by atoms with Crippen LogP contribution < -0.4 is 5.73 Å². The Hall–Kier alpha value is -2.97. The van der Waals surface area contributed by atoms with Crippen LogP contribution in [0.2, 0.25) is 5.02 Å². The van der Waals surface area contributed by atoms with E-state index in [0.717, 1.165) is 28.6 Å². The molecule has 1 atom stereocenters. The van der Waals surface area contributed by atoms with Gasteiger partial charge in [0.05, 0.1) is 6.42 Å². The van der Waals surface area contributed by atoms with Crippen LogP contribution in [-0.2, 0) is 22.5 Å². The van der Waals surface area contributed by atoms with Gasteiger partial charge in [-0.05, 0) is 42.3 Å². The van der Waals surface area contributed by atoms with E-state index in [0.29, 0.717) is 18.0 Å². The van der Waals surface area contributed by atoms with Crippen LogP contribution in [0.3, 0.4) is 0 Å². The molecule has 0 spiro atoms. The van der Waals surface area contributed by atoms with Crippen LogP contribution in [0.4, 0.5) is 8.78 Å². The number of primary amides is 1. The molecule has 3 N–H and O–H groups in total. The predicted octanol–water partition coefficient (Wildman–Crippen LogP) is 3.34. The van der Waals surface area contributed by atoms with Gasteiger partial charge in [-0.15, -0.1) is 5.06 Å². The molecule has 0 saturated carbocycles. The Kier molecular flexibility index (Phi) is 5.21. The summed E-state index contributed by atoms with van der Waals surface area (Å²) in [6.07, 6.45) is 1.09. The summed E-state index contributed by atoms with van der Waals surface area (Å²) in [6, 6.07) is 9.10. The van der Waals surface area contributed by atoms with Gasteiger partial charge in [-0.2, -0.15) is 0 Å². The minimum absolute atomic E-state index is 0.0276. The van der Waals surface area contributed by atoms with Crippen molar-refractivity contribution in [3.8, 4) is 0 Å². The van der Waals surface area contributed by atoms with E-state index in [1.807, 2.05) is 18.3 Å². The van der Waals surface area contributed by atoms with E-state index in [2.05, 4.69) is 9.98 Å². The van der Waals surface area contributed by atoms with Gasteiger partial charge in [0.1, 0.15) is 11.6 Å². The normalized spacial score (nSPS) is 16.8. The molecule has 0 saturated heterocycles. The standard InChI is InChI=1S/C20H17ClF2N4O2/c21-12-4-5-17-13(8-12)11(10-25-17)6-7-27-20(19(24)28)26-18(29-27)9-14-15(22)2-1-3-16(14)23/h1-5,8,10,20,25H,6-7,9H2,(H2,24,28). The first-order chi connectivity index (χ1) is 13.9. The van der Waals surface area contributed by atoms with Gasteiger partial charge in [-0.1, -0.05) is 17.7 Å². The van der Waals surface area contributed by atoms with Crippen LogP contribution in [0.5, 0.6) is 0 Å². The first-order valence-electron chi connectivity index (χ1n) is 8.91. The molecular formula is C20H17ClF2N4O2. The Labute approximate surface area is 169 Å². The second kappa shape index (κ2) is 7.81. The lowest BCUT2D eigenvalue weighted by Crippen LogP contribution is -2.40. The van der Waals surface area contributed by atoms with Crippen LogP contribution in [0.1, 0.15) is 11.1 Å². The summed E-state index contributed by atoms with van der Waals surface area (Å²) < 4.78 is 27.8. The van der Waals surface area contributed by atoms with Crippen molar-refractivity contribution in [1.82, 2.24) is 10.0 Å². The highest BCUT2D eigenvalue weighted by molar-refractivity contribution is 6.31. The van der Waals surface area contributed by atoms with Crippen molar-refractivity contribution >= 4 is 34.3 Å². The predicted molar refractivity (Wildman–Crippen MR) is 105 cm³/mol. The van der Waals surface area contributed by atoms with Crippen LogP contribution in [0, 0.1) is 11.6 Å². The number of aromatic amines is 1. The number of nitrogens with one attached hydrogen (secondary N) is 1. The summed E-state index contributed by atoms with van der Waals surface area (Å²) in [6.45, 7) is 0.291. The first kappa shape index (κ1) is 19.4. The number of nitrogens with two attached hydrogens (primary N) is 1. The molecule has 1 aromatic heterocycles. The van der Waals surface area contributed by atoms with Crippen molar-refractivity contribution in [2.45, 2.75) is 19.0 Å². The van der Waals surface area contributed by atoms with E-state index in [4.69, 9.17) is 22.2 Å². The number of hydrogen-bond donors (Lipinski definition) is 2. The van der Waals surface area contributed by atoms with E-state index >= 15 is 0 Å². The largest absolute Gasteiger partial charge is 0.388 e. The number of rotatable bonds is 6. The molecule has 1 unspecified atom stereocenters. The molecule has 150 valence electrons. The van der Waals surface area contributed by atoms with Crippen LogP contribution in [0.25, 0.3) is 10.9 Å². The summed E-state index contributed by atoms with van der Waals surface area (Å²) in [4.78, 5) is 24.6. The average Bonchev–Trinajstić information content (AvgIpc) is 3.27. The molecule has 29 heavy (non-hydrogen) atoms. The van der Waals surface area contributed by atoms with E-state index < -0.39 is 23.7 Å². The Morgan fingerprint density at radius 2 is 2.03 bits per heavy atom. The van der Waals surface area contributed by atoms with Crippen molar-refractivity contribution in [2.75, 3.05) is 6.54 Å². The van der Waals surface area contributed by atoms with Crippen molar-refractivity contribution in [2.24, 2.45) is 10.7 Å². The van der Waals surface area contributed by atoms with Crippen molar-refractivity contribution in [3.05, 3.63) is 70.4 Å². The summed E-state index contributed by atoms with van der Waals surface area (Å²) in [5.74, 6) is -2.10. The molecule has 0 aliphatic carbocycles. The fourth-order valence-electron chi connectivity index (χ4n) is 3.30. The zero-order valence-electron chi connectivity index (χ0n) is 15.2. The average molecular weight is 419 g/mol. The molecule has 6 nitrogen and oxygen atoms in total. The molecule has 0 radical (unpaired) electrons. The number of benzene rings is 2. The van der Waals surface area contributed by atoms with Crippen molar-refractivity contribution in [3.63, 3.8) is 0 Å². The maximum absolute atomic E-state index is 13.9. The third-order valence-corrected chi connectivity index (χ3v) is 4.97. The zero-order valence-corrected chi connectivity index (χ0v) is 15.9. The van der Waals surface area contributed by atoms with Gasteiger partial charge in [0.15, 0.2) is 0 Å². The Morgan fingerprint density at radius 3 is 2.76 bits per heavy atom. The molecule has 3 aromatic rings.